The Labute approximate surface area is 282 Å². The van der Waals surface area contributed by atoms with Gasteiger partial charge >= 0.3 is 6.09 Å². The molecule has 2 amide bonds. The summed E-state index contributed by atoms with van der Waals surface area (Å²) >= 11 is 0. The summed E-state index contributed by atoms with van der Waals surface area (Å²) in [4.78, 5) is 34.6. The summed E-state index contributed by atoms with van der Waals surface area (Å²) in [5.41, 5.74) is 6.29. The van der Waals surface area contributed by atoms with Gasteiger partial charge in [-0.2, -0.15) is 0 Å². The number of benzene rings is 3. The van der Waals surface area contributed by atoms with Crippen molar-refractivity contribution in [2.45, 2.75) is 44.8 Å². The fourth-order valence-corrected chi connectivity index (χ4v) is 6.70. The van der Waals surface area contributed by atoms with Gasteiger partial charge in [0.25, 0.3) is 5.91 Å². The van der Waals surface area contributed by atoms with Crippen LogP contribution in [0.15, 0.2) is 97.2 Å². The highest BCUT2D eigenvalue weighted by molar-refractivity contribution is 5.97. The van der Waals surface area contributed by atoms with Gasteiger partial charge in [0.2, 0.25) is 0 Å². The molecule has 3 heterocycles. The summed E-state index contributed by atoms with van der Waals surface area (Å²) < 4.78 is 10.2. The van der Waals surface area contributed by atoms with Crippen molar-refractivity contribution < 1.29 is 19.1 Å². The van der Waals surface area contributed by atoms with Crippen molar-refractivity contribution in [3.8, 4) is 11.1 Å². The first-order valence-electron chi connectivity index (χ1n) is 16.6. The van der Waals surface area contributed by atoms with Gasteiger partial charge in [-0.1, -0.05) is 68.4 Å². The van der Waals surface area contributed by atoms with Crippen LogP contribution in [-0.2, 0) is 14.3 Å². The third-order valence-corrected chi connectivity index (χ3v) is 9.34. The van der Waals surface area contributed by atoms with Crippen LogP contribution in [-0.4, -0.2) is 56.4 Å². The molecule has 4 aromatic rings. The minimum atomic E-state index is -0.819. The number of ether oxygens (including phenoxy) is 2. The van der Waals surface area contributed by atoms with Gasteiger partial charge in [-0.3, -0.25) is 4.79 Å². The molecule has 3 N–H and O–H groups in total. The predicted molar refractivity (Wildman–Crippen MR) is 189 cm³/mol. The van der Waals surface area contributed by atoms with Gasteiger partial charge in [-0.25, -0.2) is 20.6 Å². The normalized spacial score (nSPS) is 18.4. The molecule has 250 valence electrons. The zero-order chi connectivity index (χ0) is 33.6. The molecule has 0 saturated carbocycles. The van der Waals surface area contributed by atoms with Crippen molar-refractivity contribution >= 4 is 29.2 Å². The van der Waals surface area contributed by atoms with Crippen molar-refractivity contribution in [3.05, 3.63) is 108 Å². The standard InChI is InChI=1S/C38H44N6O4/c1-26(2)36(41-38(46)47-3)37(45)44(39)32-16-11-29(12-17-32)34-19-18-33(28-7-5-4-6-8-28)43(34)31-14-9-27(10-15-31)30-13-20-35(40-25-30)42-21-23-48-24-22-42/h4-17,20,25-26,33-34,36H,18-19,21-24,39H2,1-3H3,(H,41,46)/t33?,34?,36-/m0/s1. The molecule has 48 heavy (non-hydrogen) atoms. The van der Waals surface area contributed by atoms with Crippen LogP contribution >= 0.6 is 0 Å². The van der Waals surface area contributed by atoms with E-state index in [0.717, 1.165) is 72.3 Å². The molecule has 0 bridgehead atoms. The topological polar surface area (TPSA) is 113 Å². The number of amides is 2. The molecule has 2 unspecified atom stereocenters. The second kappa shape index (κ2) is 14.9. The summed E-state index contributed by atoms with van der Waals surface area (Å²) in [5.74, 6) is 6.68. The number of anilines is 3. The highest BCUT2D eigenvalue weighted by Crippen LogP contribution is 2.47. The molecule has 3 aromatic carbocycles. The minimum Gasteiger partial charge on any atom is -0.453 e. The third-order valence-electron chi connectivity index (χ3n) is 9.34. The minimum absolute atomic E-state index is 0.121. The lowest BCUT2D eigenvalue weighted by atomic mass is 10.0. The zero-order valence-electron chi connectivity index (χ0n) is 27.8. The van der Waals surface area contributed by atoms with E-state index in [0.29, 0.717) is 5.69 Å². The number of nitrogens with one attached hydrogen (secondary N) is 1. The number of morpholine rings is 1. The predicted octanol–water partition coefficient (Wildman–Crippen LogP) is 6.26. The van der Waals surface area contributed by atoms with E-state index in [1.165, 1.54) is 12.7 Å². The van der Waals surface area contributed by atoms with E-state index in [4.69, 9.17) is 20.3 Å². The van der Waals surface area contributed by atoms with E-state index in [1.807, 2.05) is 44.3 Å². The van der Waals surface area contributed by atoms with E-state index < -0.39 is 18.0 Å². The molecular formula is C38H44N6O4. The lowest BCUT2D eigenvalue weighted by Gasteiger charge is -2.34. The molecular weight excluding hydrogens is 604 g/mol. The van der Waals surface area contributed by atoms with Crippen LogP contribution in [0.5, 0.6) is 0 Å². The molecule has 3 atom stereocenters. The number of carbonyl (C=O) groups excluding carboxylic acids is 2. The van der Waals surface area contributed by atoms with Crippen LogP contribution in [0.3, 0.4) is 0 Å². The van der Waals surface area contributed by atoms with E-state index in [1.54, 1.807) is 0 Å². The quantitative estimate of drug-likeness (QED) is 0.124. The van der Waals surface area contributed by atoms with Crippen molar-refractivity contribution in [2.24, 2.45) is 11.8 Å². The summed E-state index contributed by atoms with van der Waals surface area (Å²) in [6.45, 7) is 6.88. The lowest BCUT2D eigenvalue weighted by molar-refractivity contribution is -0.121. The Kier molecular flexibility index (Phi) is 10.2. The maximum Gasteiger partial charge on any atom is 0.407 e. The highest BCUT2D eigenvalue weighted by atomic mass is 16.5. The maximum atomic E-state index is 13.2. The Morgan fingerprint density at radius 2 is 1.50 bits per heavy atom. The highest BCUT2D eigenvalue weighted by Gasteiger charge is 2.36. The van der Waals surface area contributed by atoms with Gasteiger partial charge in [-0.05, 0) is 71.8 Å². The fraction of sp³-hybridized carbons (Fsp3) is 0.342. The largest absolute Gasteiger partial charge is 0.453 e. The molecule has 2 fully saturated rings. The number of nitrogens with zero attached hydrogens (tertiary/aromatic N) is 4. The number of nitrogens with two attached hydrogens (primary N) is 1. The molecule has 10 nitrogen and oxygen atoms in total. The maximum absolute atomic E-state index is 13.2. The fourth-order valence-electron chi connectivity index (χ4n) is 6.70. The van der Waals surface area contributed by atoms with Gasteiger partial charge in [0.05, 0.1) is 38.1 Å². The monoisotopic (exact) mass is 648 g/mol. The SMILES string of the molecule is COC(=O)N[C@H](C(=O)N(N)c1ccc(C2CCC(c3ccccc3)N2c2ccc(-c3ccc(N4CCOCC4)nc3)cc2)cc1)C(C)C. The molecule has 0 aliphatic carbocycles. The molecule has 6 rings (SSSR count). The van der Waals surface area contributed by atoms with Crippen LogP contribution < -0.4 is 26.0 Å². The summed E-state index contributed by atoms with van der Waals surface area (Å²) in [7, 11) is 1.27. The molecule has 2 aliphatic heterocycles. The molecule has 1 aromatic heterocycles. The summed E-state index contributed by atoms with van der Waals surface area (Å²) in [6, 6.07) is 31.0. The second-order valence-electron chi connectivity index (χ2n) is 12.6. The number of hydrogen-bond donors (Lipinski definition) is 2. The first kappa shape index (κ1) is 33.0. The molecule has 10 heteroatoms. The smallest absolute Gasteiger partial charge is 0.407 e. The Morgan fingerprint density at radius 3 is 2.08 bits per heavy atom. The zero-order valence-corrected chi connectivity index (χ0v) is 27.8. The summed E-state index contributed by atoms with van der Waals surface area (Å²) in [5, 5.41) is 3.70. The van der Waals surface area contributed by atoms with E-state index in [2.05, 4.69) is 81.8 Å². The second-order valence-corrected chi connectivity index (χ2v) is 12.6. The van der Waals surface area contributed by atoms with Crippen molar-refractivity contribution in [1.82, 2.24) is 10.3 Å². The van der Waals surface area contributed by atoms with Gasteiger partial charge in [-0.15, -0.1) is 0 Å². The van der Waals surface area contributed by atoms with Crippen molar-refractivity contribution in [3.63, 3.8) is 0 Å². The van der Waals surface area contributed by atoms with Gasteiger partial charge in [0.1, 0.15) is 11.9 Å². The number of carbonyl (C=O) groups is 2. The summed E-state index contributed by atoms with van der Waals surface area (Å²) in [6.07, 6.45) is 3.25. The van der Waals surface area contributed by atoms with Crippen LogP contribution in [0.1, 0.15) is 49.9 Å². The molecule has 0 radical (unpaired) electrons. The first-order chi connectivity index (χ1) is 23.3. The third kappa shape index (κ3) is 7.14. The van der Waals surface area contributed by atoms with Gasteiger partial charge < -0.3 is 24.6 Å². The van der Waals surface area contributed by atoms with Gasteiger partial charge in [0, 0.05) is 30.5 Å². The van der Waals surface area contributed by atoms with Crippen molar-refractivity contribution in [2.75, 3.05) is 48.2 Å². The lowest BCUT2D eigenvalue weighted by Crippen LogP contribution is -2.53. The molecule has 2 saturated heterocycles. The van der Waals surface area contributed by atoms with E-state index in [9.17, 15) is 9.59 Å². The number of rotatable bonds is 9. The van der Waals surface area contributed by atoms with Crippen LogP contribution in [0.2, 0.25) is 0 Å². The average Bonchev–Trinajstić information content (AvgIpc) is 3.59. The Morgan fingerprint density at radius 1 is 0.875 bits per heavy atom. The van der Waals surface area contributed by atoms with Crippen molar-refractivity contribution in [1.29, 1.82) is 0 Å². The number of hydrazine groups is 1. The van der Waals surface area contributed by atoms with Gasteiger partial charge in [0.15, 0.2) is 0 Å². The Bertz CT molecular complexity index is 1660. The number of pyridine rings is 1. The van der Waals surface area contributed by atoms with E-state index in [-0.39, 0.29) is 18.0 Å². The number of hydrogen-bond acceptors (Lipinski definition) is 8. The van der Waals surface area contributed by atoms with E-state index >= 15 is 0 Å². The van der Waals surface area contributed by atoms with Crippen LogP contribution in [0, 0.1) is 5.92 Å². The molecule has 0 spiro atoms. The number of methoxy groups -OCH3 is 1. The van der Waals surface area contributed by atoms with Crippen LogP contribution in [0.4, 0.5) is 22.0 Å². The Hall–Kier alpha value is -4.93. The Balaban J connectivity index is 1.23. The molecule has 2 aliphatic rings. The first-order valence-corrected chi connectivity index (χ1v) is 16.6. The average molecular weight is 649 g/mol. The van der Waals surface area contributed by atoms with Crippen LogP contribution in [0.25, 0.3) is 11.1 Å². The number of alkyl carbamates (subject to hydrolysis) is 1. The number of aromatic nitrogens is 1.